The molecule has 238 valence electrons. The predicted molar refractivity (Wildman–Crippen MR) is 125 cm³/mol. The molecule has 2 aromatic rings. The maximum Gasteiger partial charge on any atom is 0.470 e. The molecule has 2 fully saturated rings. The first kappa shape index (κ1) is 33.3. The van der Waals surface area contributed by atoms with Crippen LogP contribution in [0.3, 0.4) is 0 Å². The summed E-state index contributed by atoms with van der Waals surface area (Å²) >= 11 is 0. The molecule has 0 amide bonds. The highest BCUT2D eigenvalue weighted by Gasteiger charge is 2.56. The van der Waals surface area contributed by atoms with Crippen LogP contribution in [0.5, 0.6) is 0 Å². The molecule has 0 radical (unpaired) electrons. The van der Waals surface area contributed by atoms with Crippen LogP contribution in [0.15, 0.2) is 18.9 Å². The van der Waals surface area contributed by atoms with Gasteiger partial charge in [0.15, 0.2) is 18.0 Å². The third-order valence-electron chi connectivity index (χ3n) is 5.71. The molecule has 23 nitrogen and oxygen atoms in total. The first-order valence-electron chi connectivity index (χ1n) is 11.4. The van der Waals surface area contributed by atoms with Crippen LogP contribution in [0.25, 0.3) is 11.2 Å². The molecule has 0 aromatic carbocycles. The third kappa shape index (κ3) is 8.12. The van der Waals surface area contributed by atoms with Gasteiger partial charge in [-0.1, -0.05) is 0 Å². The monoisotopic (exact) mass is 670 g/mol. The lowest BCUT2D eigenvalue weighted by Crippen LogP contribution is -2.61. The number of aliphatic hydroxyl groups is 3. The summed E-state index contributed by atoms with van der Waals surface area (Å²) in [5.74, 6) is 0. The highest BCUT2D eigenvalue weighted by molar-refractivity contribution is 7.46. The largest absolute Gasteiger partial charge is 0.470 e. The molecule has 0 spiro atoms. The van der Waals surface area contributed by atoms with Crippen LogP contribution in [-0.2, 0) is 41.5 Å². The smallest absolute Gasteiger partial charge is 0.394 e. The van der Waals surface area contributed by atoms with Gasteiger partial charge >= 0.3 is 23.5 Å². The second kappa shape index (κ2) is 12.8. The lowest BCUT2D eigenvalue weighted by atomic mass is 9.99. The number of aliphatic hydroxyl groups excluding tert-OH is 3. The molecule has 0 bridgehead atoms. The molecule has 2 aliphatic heterocycles. The van der Waals surface area contributed by atoms with Crippen molar-refractivity contribution in [3.05, 3.63) is 18.9 Å². The molecule has 2 aliphatic rings. The molecule has 0 aliphatic carbocycles. The van der Waals surface area contributed by atoms with Crippen molar-refractivity contribution in [2.45, 2.75) is 55.3 Å². The van der Waals surface area contributed by atoms with E-state index in [4.69, 9.17) is 23.6 Å². The first-order chi connectivity index (χ1) is 19.5. The van der Waals surface area contributed by atoms with Gasteiger partial charge in [0, 0.05) is 0 Å². The van der Waals surface area contributed by atoms with E-state index in [-0.39, 0.29) is 11.2 Å². The van der Waals surface area contributed by atoms with Gasteiger partial charge in [0.2, 0.25) is 0 Å². The summed E-state index contributed by atoms with van der Waals surface area (Å²) in [4.78, 5) is 73.4. The van der Waals surface area contributed by atoms with Gasteiger partial charge in [0.25, 0.3) is 6.29 Å². The molecule has 42 heavy (non-hydrogen) atoms. The van der Waals surface area contributed by atoms with Gasteiger partial charge in [-0.05, 0) is 0 Å². The first-order valence-corrected chi connectivity index (χ1v) is 16.0. The Morgan fingerprint density at radius 2 is 1.33 bits per heavy atom. The minimum absolute atomic E-state index is 0.0822. The van der Waals surface area contributed by atoms with E-state index in [1.54, 1.807) is 0 Å². The van der Waals surface area contributed by atoms with Crippen molar-refractivity contribution >= 4 is 34.6 Å². The predicted octanol–water partition coefficient (Wildman–Crippen LogP) is -4.13. The second-order valence-electron chi connectivity index (χ2n) is 8.63. The van der Waals surface area contributed by atoms with Gasteiger partial charge in [-0.15, -0.1) is 4.73 Å². The van der Waals surface area contributed by atoms with Crippen molar-refractivity contribution in [2.24, 2.45) is 0 Å². The molecule has 4 heterocycles. The summed E-state index contributed by atoms with van der Waals surface area (Å²) in [7, 11) is -16.3. The van der Waals surface area contributed by atoms with Gasteiger partial charge in [-0.3, -0.25) is 13.6 Å². The van der Waals surface area contributed by atoms with Gasteiger partial charge in [0.1, 0.15) is 54.8 Å². The van der Waals surface area contributed by atoms with Crippen LogP contribution in [0.2, 0.25) is 0 Å². The number of imidazole rings is 1. The molecule has 4 rings (SSSR count). The fraction of sp³-hybridized carbons (Fsp3) is 0.688. The normalized spacial score (nSPS) is 32.8. The number of phosphoric acid groups is 3. The van der Waals surface area contributed by atoms with E-state index in [1.165, 1.54) is 6.20 Å². The van der Waals surface area contributed by atoms with E-state index < -0.39 is 92.0 Å². The number of ether oxygens (including phenoxy) is 3. The standard InChI is InChI=1S/C16H25N4O19P3/c21-2-7-10(13(39-42(30,31)32)16(34-7)36-20-5-19-6-1-17-4-18-14(6)20)35-15-9(23)12(38-41(27,28)29)11(8(3-22)33-15)37-40(24,25)26/h1,4-5,7-13,15-16,21-23H,2-3H2,(H2,24,25,26)(H2,27,28,29)(H2,30,31,32)/t7-,8-,9-,10-,11-,12-,13-,15-,16+/m1/s1. The van der Waals surface area contributed by atoms with E-state index in [0.717, 1.165) is 17.4 Å². The van der Waals surface area contributed by atoms with Crippen LogP contribution in [0.4, 0.5) is 0 Å². The van der Waals surface area contributed by atoms with Crippen molar-refractivity contribution < 1.29 is 91.0 Å². The second-order valence-corrected chi connectivity index (χ2v) is 12.2. The Morgan fingerprint density at radius 1 is 0.786 bits per heavy atom. The number of aromatic nitrogens is 4. The van der Waals surface area contributed by atoms with E-state index in [9.17, 15) is 58.4 Å². The highest BCUT2D eigenvalue weighted by Crippen LogP contribution is 2.48. The maximum atomic E-state index is 11.8. The maximum absolute atomic E-state index is 11.8. The minimum atomic E-state index is -5.51. The number of nitrogens with zero attached hydrogens (tertiary/aromatic N) is 4. The van der Waals surface area contributed by atoms with Crippen molar-refractivity contribution in [1.29, 1.82) is 0 Å². The zero-order chi connectivity index (χ0) is 31.0. The molecule has 2 saturated heterocycles. The van der Waals surface area contributed by atoms with Gasteiger partial charge in [-0.25, -0.2) is 28.6 Å². The van der Waals surface area contributed by atoms with Crippen molar-refractivity contribution in [1.82, 2.24) is 19.7 Å². The Morgan fingerprint density at radius 3 is 1.93 bits per heavy atom. The van der Waals surface area contributed by atoms with Crippen molar-refractivity contribution in [2.75, 3.05) is 13.2 Å². The Hall–Kier alpha value is -1.56. The van der Waals surface area contributed by atoms with E-state index >= 15 is 0 Å². The van der Waals surface area contributed by atoms with Crippen LogP contribution in [0.1, 0.15) is 0 Å². The lowest BCUT2D eigenvalue weighted by molar-refractivity contribution is -0.313. The minimum Gasteiger partial charge on any atom is -0.394 e. The van der Waals surface area contributed by atoms with E-state index in [1.807, 2.05) is 0 Å². The van der Waals surface area contributed by atoms with E-state index in [0.29, 0.717) is 0 Å². The number of phosphoric ester groups is 3. The average molecular weight is 670 g/mol. The number of hydrogen-bond acceptors (Lipinski definition) is 16. The fourth-order valence-corrected chi connectivity index (χ4v) is 5.84. The highest BCUT2D eigenvalue weighted by atomic mass is 31.2. The number of rotatable bonds is 12. The zero-order valence-corrected chi connectivity index (χ0v) is 23.3. The topological polar surface area (TPSA) is 341 Å². The average Bonchev–Trinajstić information content (AvgIpc) is 3.42. The third-order valence-corrected chi connectivity index (χ3v) is 7.26. The molecule has 0 saturated carbocycles. The van der Waals surface area contributed by atoms with Gasteiger partial charge < -0.3 is 63.7 Å². The zero-order valence-electron chi connectivity index (χ0n) is 20.6. The summed E-state index contributed by atoms with van der Waals surface area (Å²) in [6.07, 6.45) is -14.4. The Bertz CT molecular complexity index is 1360. The van der Waals surface area contributed by atoms with Gasteiger partial charge in [0.05, 0.1) is 19.4 Å². The van der Waals surface area contributed by atoms with Crippen molar-refractivity contribution in [3.63, 3.8) is 0 Å². The molecule has 9 N–H and O–H groups in total. The van der Waals surface area contributed by atoms with Crippen LogP contribution < -0.4 is 4.84 Å². The molecular weight excluding hydrogens is 645 g/mol. The quantitative estimate of drug-likeness (QED) is 0.0968. The molecule has 9 atom stereocenters. The SMILES string of the molecule is O=P(O)(O)O[C@@H]1[C@@H](O)[C@@H](O[C@H]2[C@@H](OP(=O)(O)O)[C@H](On3cnc4cncnc43)O[C@@H]2CO)O[C@H](CO)[C@H]1OP(=O)(O)O. The Kier molecular flexibility index (Phi) is 10.2. The van der Waals surface area contributed by atoms with Crippen molar-refractivity contribution in [3.8, 4) is 0 Å². The summed E-state index contributed by atoms with van der Waals surface area (Å²) < 4.78 is 65.8. The Labute approximate surface area is 233 Å². The molecule has 2 aromatic heterocycles. The molecular formula is C16H25N4O19P3. The summed E-state index contributed by atoms with van der Waals surface area (Å²) in [5, 5.41) is 30.5. The van der Waals surface area contributed by atoms with Crippen LogP contribution in [-0.4, -0.2) is 133 Å². The molecule has 0 unspecified atom stereocenters. The number of fused-ring (bicyclic) bond motifs is 1. The number of hydrogen-bond donors (Lipinski definition) is 9. The Balaban J connectivity index is 1.64. The van der Waals surface area contributed by atoms with Crippen LogP contribution in [0, 0.1) is 0 Å². The van der Waals surface area contributed by atoms with Crippen LogP contribution >= 0.6 is 23.5 Å². The lowest BCUT2D eigenvalue weighted by Gasteiger charge is -2.44. The summed E-state index contributed by atoms with van der Waals surface area (Å²) in [6.45, 7) is -2.05. The van der Waals surface area contributed by atoms with E-state index in [2.05, 4.69) is 24.0 Å². The molecule has 26 heteroatoms. The van der Waals surface area contributed by atoms with Gasteiger partial charge in [-0.2, -0.15) is 0 Å². The summed E-state index contributed by atoms with van der Waals surface area (Å²) in [6, 6.07) is 0. The fourth-order valence-electron chi connectivity index (χ4n) is 4.17. The summed E-state index contributed by atoms with van der Waals surface area (Å²) in [5.41, 5.74) is 0.324.